The Morgan fingerprint density at radius 1 is 1.07 bits per heavy atom. The molecule has 0 spiro atoms. The van der Waals surface area contributed by atoms with Crippen LogP contribution in [0, 0.1) is 0 Å². The second-order valence-electron chi connectivity index (χ2n) is 7.25. The summed E-state index contributed by atoms with van der Waals surface area (Å²) in [6.07, 6.45) is 2.03. The number of morpholine rings is 1. The highest BCUT2D eigenvalue weighted by Crippen LogP contribution is 2.19. The zero-order valence-corrected chi connectivity index (χ0v) is 16.4. The number of carbonyl (C=O) groups excluding carboxylic acids is 1. The quantitative estimate of drug-likeness (QED) is 0.859. The Bertz CT molecular complexity index is 718. The lowest BCUT2D eigenvalue weighted by Crippen LogP contribution is -2.44. The number of ether oxygens (including phenoxy) is 1. The summed E-state index contributed by atoms with van der Waals surface area (Å²) in [5, 5.41) is 5.35. The van der Waals surface area contributed by atoms with Crippen molar-refractivity contribution in [2.45, 2.75) is 25.4 Å². The Labute approximate surface area is 164 Å². The molecule has 2 aliphatic rings. The maximum absolute atomic E-state index is 12.6. The molecule has 0 saturated carbocycles. The molecular weight excluding hydrogens is 358 g/mol. The first-order valence-electron chi connectivity index (χ1n) is 9.76. The number of nitrogens with zero attached hydrogens (tertiary/aromatic N) is 2. The molecule has 1 amide bonds. The summed E-state index contributed by atoms with van der Waals surface area (Å²) in [5.74, 6) is 0.0419. The van der Waals surface area contributed by atoms with E-state index in [9.17, 15) is 4.79 Å². The molecule has 1 N–H and O–H groups in total. The van der Waals surface area contributed by atoms with Crippen LogP contribution < -0.4 is 10.2 Å². The lowest BCUT2D eigenvalue weighted by molar-refractivity contribution is 0.0909. The Balaban J connectivity index is 1.25. The molecular formula is C21H27N3O2S. The molecule has 5 nitrogen and oxygen atoms in total. The monoisotopic (exact) mass is 385 g/mol. The third-order valence-electron chi connectivity index (χ3n) is 5.39. The van der Waals surface area contributed by atoms with E-state index in [2.05, 4.69) is 32.6 Å². The van der Waals surface area contributed by atoms with Crippen LogP contribution in [-0.4, -0.2) is 56.2 Å². The highest BCUT2D eigenvalue weighted by atomic mass is 32.1. The van der Waals surface area contributed by atoms with Crippen molar-refractivity contribution in [3.8, 4) is 0 Å². The fourth-order valence-electron chi connectivity index (χ4n) is 3.77. The summed E-state index contributed by atoms with van der Waals surface area (Å²) >= 11 is 1.81. The minimum absolute atomic E-state index is 0.0419. The molecule has 0 aliphatic carbocycles. The van der Waals surface area contributed by atoms with Crippen LogP contribution in [0.2, 0.25) is 0 Å². The van der Waals surface area contributed by atoms with Crippen molar-refractivity contribution in [3.05, 3.63) is 52.2 Å². The molecule has 2 saturated heterocycles. The highest BCUT2D eigenvalue weighted by molar-refractivity contribution is 7.09. The lowest BCUT2D eigenvalue weighted by Gasteiger charge is -2.32. The van der Waals surface area contributed by atoms with E-state index in [1.54, 1.807) is 0 Å². The topological polar surface area (TPSA) is 44.8 Å². The maximum Gasteiger partial charge on any atom is 0.251 e. The van der Waals surface area contributed by atoms with Gasteiger partial charge in [0.1, 0.15) is 0 Å². The zero-order valence-electron chi connectivity index (χ0n) is 15.6. The molecule has 0 unspecified atom stereocenters. The second-order valence-corrected chi connectivity index (χ2v) is 8.28. The minimum atomic E-state index is 0.0419. The average Bonchev–Trinajstić information content (AvgIpc) is 3.23. The molecule has 0 bridgehead atoms. The van der Waals surface area contributed by atoms with Crippen molar-refractivity contribution >= 4 is 22.9 Å². The van der Waals surface area contributed by atoms with Crippen molar-refractivity contribution in [2.24, 2.45) is 0 Å². The van der Waals surface area contributed by atoms with Gasteiger partial charge in [-0.3, -0.25) is 9.69 Å². The van der Waals surface area contributed by atoms with Crippen LogP contribution in [0.25, 0.3) is 0 Å². The molecule has 4 rings (SSSR count). The van der Waals surface area contributed by atoms with Gasteiger partial charge in [-0.2, -0.15) is 0 Å². The summed E-state index contributed by atoms with van der Waals surface area (Å²) in [4.78, 5) is 18.8. The van der Waals surface area contributed by atoms with Gasteiger partial charge in [0.05, 0.1) is 13.2 Å². The van der Waals surface area contributed by atoms with Crippen molar-refractivity contribution in [3.63, 3.8) is 0 Å². The average molecular weight is 386 g/mol. The largest absolute Gasteiger partial charge is 0.378 e. The molecule has 0 atom stereocenters. The number of likely N-dealkylation sites (tertiary alicyclic amines) is 1. The Hall–Kier alpha value is -1.89. The number of thiophene rings is 1. The Kier molecular flexibility index (Phi) is 6.07. The van der Waals surface area contributed by atoms with Gasteiger partial charge in [0, 0.05) is 54.9 Å². The summed E-state index contributed by atoms with van der Waals surface area (Å²) in [6, 6.07) is 12.5. The number of hydrogen-bond acceptors (Lipinski definition) is 5. The van der Waals surface area contributed by atoms with E-state index in [1.165, 1.54) is 4.88 Å². The normalized spacial score (nSPS) is 19.2. The molecule has 2 fully saturated rings. The minimum Gasteiger partial charge on any atom is -0.378 e. The number of benzene rings is 1. The first-order chi connectivity index (χ1) is 13.3. The van der Waals surface area contributed by atoms with Gasteiger partial charge in [0.2, 0.25) is 0 Å². The predicted octanol–water partition coefficient (Wildman–Crippen LogP) is 2.98. The van der Waals surface area contributed by atoms with Crippen LogP contribution in [0.15, 0.2) is 41.8 Å². The van der Waals surface area contributed by atoms with Crippen molar-refractivity contribution in [2.75, 3.05) is 44.3 Å². The fourth-order valence-corrected chi connectivity index (χ4v) is 4.52. The van der Waals surface area contributed by atoms with E-state index in [4.69, 9.17) is 4.74 Å². The molecule has 3 heterocycles. The number of hydrogen-bond donors (Lipinski definition) is 1. The molecule has 144 valence electrons. The summed E-state index contributed by atoms with van der Waals surface area (Å²) in [5.41, 5.74) is 1.91. The van der Waals surface area contributed by atoms with Crippen LogP contribution in [0.4, 0.5) is 5.69 Å². The highest BCUT2D eigenvalue weighted by Gasteiger charge is 2.21. The van der Waals surface area contributed by atoms with Gasteiger partial charge in [-0.25, -0.2) is 0 Å². The smallest absolute Gasteiger partial charge is 0.251 e. The standard InChI is InChI=1S/C21H27N3O2S/c25-21(17-3-5-19(6-4-17)24-11-13-26-14-12-24)22-18-7-9-23(10-8-18)16-20-2-1-15-27-20/h1-6,15,18H,7-14,16H2,(H,22,25). The van der Waals surface area contributed by atoms with E-state index in [0.717, 1.165) is 70.0 Å². The van der Waals surface area contributed by atoms with E-state index in [0.29, 0.717) is 0 Å². The Morgan fingerprint density at radius 3 is 2.48 bits per heavy atom. The van der Waals surface area contributed by atoms with Gasteiger partial charge in [-0.1, -0.05) is 6.07 Å². The van der Waals surface area contributed by atoms with Gasteiger partial charge in [-0.15, -0.1) is 11.3 Å². The van der Waals surface area contributed by atoms with Crippen LogP contribution in [-0.2, 0) is 11.3 Å². The van der Waals surface area contributed by atoms with Gasteiger partial charge in [0.25, 0.3) is 5.91 Å². The molecule has 1 aromatic heterocycles. The molecule has 1 aromatic carbocycles. The van der Waals surface area contributed by atoms with Gasteiger partial charge < -0.3 is 15.0 Å². The first kappa shape index (κ1) is 18.5. The van der Waals surface area contributed by atoms with Crippen molar-refractivity contribution in [1.82, 2.24) is 10.2 Å². The number of piperidine rings is 1. The van der Waals surface area contributed by atoms with Crippen molar-refractivity contribution < 1.29 is 9.53 Å². The second kappa shape index (κ2) is 8.87. The van der Waals surface area contributed by atoms with Crippen LogP contribution in [0.1, 0.15) is 28.1 Å². The number of anilines is 1. The number of carbonyl (C=O) groups is 1. The molecule has 2 aromatic rings. The molecule has 6 heteroatoms. The van der Waals surface area contributed by atoms with E-state index >= 15 is 0 Å². The summed E-state index contributed by atoms with van der Waals surface area (Å²) in [6.45, 7) is 6.48. The van der Waals surface area contributed by atoms with E-state index in [1.807, 2.05) is 35.6 Å². The van der Waals surface area contributed by atoms with Gasteiger partial charge >= 0.3 is 0 Å². The number of amides is 1. The summed E-state index contributed by atoms with van der Waals surface area (Å²) < 4.78 is 5.40. The molecule has 0 radical (unpaired) electrons. The lowest BCUT2D eigenvalue weighted by atomic mass is 10.0. The number of rotatable bonds is 5. The summed E-state index contributed by atoms with van der Waals surface area (Å²) in [7, 11) is 0. The zero-order chi connectivity index (χ0) is 18.5. The van der Waals surface area contributed by atoms with Gasteiger partial charge in [0.15, 0.2) is 0 Å². The van der Waals surface area contributed by atoms with Crippen molar-refractivity contribution in [1.29, 1.82) is 0 Å². The van der Waals surface area contributed by atoms with Crippen LogP contribution in [0.5, 0.6) is 0 Å². The van der Waals surface area contributed by atoms with Crippen LogP contribution >= 0.6 is 11.3 Å². The van der Waals surface area contributed by atoms with Crippen LogP contribution in [0.3, 0.4) is 0 Å². The van der Waals surface area contributed by atoms with E-state index in [-0.39, 0.29) is 11.9 Å². The third kappa shape index (κ3) is 4.89. The number of nitrogens with one attached hydrogen (secondary N) is 1. The maximum atomic E-state index is 12.6. The van der Waals surface area contributed by atoms with Gasteiger partial charge in [-0.05, 0) is 48.6 Å². The fraction of sp³-hybridized carbons (Fsp3) is 0.476. The molecule has 2 aliphatic heterocycles. The predicted molar refractivity (Wildman–Crippen MR) is 110 cm³/mol. The van der Waals surface area contributed by atoms with E-state index < -0.39 is 0 Å². The molecule has 27 heavy (non-hydrogen) atoms. The third-order valence-corrected chi connectivity index (χ3v) is 6.25. The SMILES string of the molecule is O=C(NC1CCN(Cc2cccs2)CC1)c1ccc(N2CCOCC2)cc1. The first-order valence-corrected chi connectivity index (χ1v) is 10.6. The Morgan fingerprint density at radius 2 is 1.81 bits per heavy atom.